The van der Waals surface area contributed by atoms with Gasteiger partial charge >= 0.3 is 0 Å². The minimum atomic E-state index is 0.198. The van der Waals surface area contributed by atoms with Gasteiger partial charge in [0.1, 0.15) is 0 Å². The zero-order chi connectivity index (χ0) is 16.9. The van der Waals surface area contributed by atoms with Crippen molar-refractivity contribution < 1.29 is 9.47 Å². The summed E-state index contributed by atoms with van der Waals surface area (Å²) in [7, 11) is 0. The summed E-state index contributed by atoms with van der Waals surface area (Å²) in [5, 5.41) is 0. The van der Waals surface area contributed by atoms with E-state index in [1.165, 1.54) is 45.3 Å². The normalized spacial score (nSPS) is 31.1. The monoisotopic (exact) mass is 345 g/mol. The molecule has 3 heterocycles. The maximum atomic E-state index is 6.34. The van der Waals surface area contributed by atoms with Crippen molar-refractivity contribution in [2.75, 3.05) is 39.3 Å². The molecule has 0 amide bonds. The van der Waals surface area contributed by atoms with Crippen molar-refractivity contribution in [2.24, 2.45) is 0 Å². The van der Waals surface area contributed by atoms with Gasteiger partial charge in [0.05, 0.1) is 25.4 Å². The molecule has 2 aliphatic heterocycles. The average molecular weight is 345 g/mol. The third-order valence-corrected chi connectivity index (χ3v) is 5.99. The van der Waals surface area contributed by atoms with Crippen LogP contribution in [0.1, 0.15) is 37.7 Å². The Morgan fingerprint density at radius 3 is 2.88 bits per heavy atom. The number of piperidine rings is 1. The van der Waals surface area contributed by atoms with Gasteiger partial charge in [0.15, 0.2) is 0 Å². The maximum absolute atomic E-state index is 6.34. The summed E-state index contributed by atoms with van der Waals surface area (Å²) in [6.45, 7) is 7.41. The Bertz CT molecular complexity index is 521. The first-order valence-electron chi connectivity index (χ1n) is 9.99. The van der Waals surface area contributed by atoms with Gasteiger partial charge in [-0.1, -0.05) is 12.5 Å². The smallest absolute Gasteiger partial charge is 0.0995 e. The van der Waals surface area contributed by atoms with Crippen LogP contribution in [0.25, 0.3) is 0 Å². The Morgan fingerprint density at radius 2 is 2.04 bits per heavy atom. The highest BCUT2D eigenvalue weighted by molar-refractivity contribution is 5.07. The van der Waals surface area contributed by atoms with Gasteiger partial charge in [-0.3, -0.25) is 9.88 Å². The summed E-state index contributed by atoms with van der Waals surface area (Å²) < 4.78 is 12.5. The van der Waals surface area contributed by atoms with Crippen molar-refractivity contribution in [3.05, 3.63) is 30.1 Å². The molecule has 0 radical (unpaired) electrons. The Morgan fingerprint density at radius 1 is 1.12 bits per heavy atom. The summed E-state index contributed by atoms with van der Waals surface area (Å²) in [6, 6.07) is 4.57. The van der Waals surface area contributed by atoms with Crippen LogP contribution >= 0.6 is 0 Å². The molecule has 1 aliphatic carbocycles. The second kappa shape index (κ2) is 8.58. The number of hydrogen-bond acceptors (Lipinski definition) is 5. The maximum Gasteiger partial charge on any atom is 0.0995 e. The third kappa shape index (κ3) is 4.40. The van der Waals surface area contributed by atoms with E-state index >= 15 is 0 Å². The van der Waals surface area contributed by atoms with Crippen LogP contribution in [-0.4, -0.2) is 72.4 Å². The molecule has 1 aromatic rings. The van der Waals surface area contributed by atoms with Crippen molar-refractivity contribution in [3.8, 4) is 0 Å². The third-order valence-electron chi connectivity index (χ3n) is 5.99. The molecule has 3 atom stereocenters. The highest BCUT2D eigenvalue weighted by Gasteiger charge is 2.42. The van der Waals surface area contributed by atoms with Gasteiger partial charge in [0.25, 0.3) is 0 Å². The van der Waals surface area contributed by atoms with Gasteiger partial charge in [0, 0.05) is 38.1 Å². The number of hydrogen-bond donors (Lipinski definition) is 0. The van der Waals surface area contributed by atoms with Crippen molar-refractivity contribution in [2.45, 2.75) is 57.0 Å². The molecule has 0 N–H and O–H groups in total. The lowest BCUT2D eigenvalue weighted by molar-refractivity contribution is -0.0613. The molecular weight excluding hydrogens is 314 g/mol. The van der Waals surface area contributed by atoms with Crippen LogP contribution in [-0.2, 0) is 16.1 Å². The minimum Gasteiger partial charge on any atom is -0.374 e. The topological polar surface area (TPSA) is 37.8 Å². The molecule has 3 fully saturated rings. The molecule has 5 heteroatoms. The van der Waals surface area contributed by atoms with Crippen molar-refractivity contribution in [1.82, 2.24) is 14.8 Å². The molecular formula is C20H31N3O2. The molecule has 0 unspecified atom stereocenters. The fourth-order valence-corrected chi connectivity index (χ4v) is 4.59. The first-order chi connectivity index (χ1) is 12.4. The zero-order valence-corrected chi connectivity index (χ0v) is 15.2. The van der Waals surface area contributed by atoms with Gasteiger partial charge in [0.2, 0.25) is 0 Å². The predicted octanol–water partition coefficient (Wildman–Crippen LogP) is 2.32. The zero-order valence-electron chi connectivity index (χ0n) is 15.2. The Hall–Kier alpha value is -1.01. The quantitative estimate of drug-likeness (QED) is 0.791. The summed E-state index contributed by atoms with van der Waals surface area (Å²) in [5.41, 5.74) is 1.14. The molecule has 25 heavy (non-hydrogen) atoms. The number of rotatable bonds is 6. The Balaban J connectivity index is 1.34. The van der Waals surface area contributed by atoms with Gasteiger partial charge in [-0.15, -0.1) is 0 Å². The summed E-state index contributed by atoms with van der Waals surface area (Å²) in [6.07, 6.45) is 10.6. The summed E-state index contributed by atoms with van der Waals surface area (Å²) in [4.78, 5) is 9.46. The van der Waals surface area contributed by atoms with Crippen LogP contribution < -0.4 is 0 Å². The van der Waals surface area contributed by atoms with E-state index in [9.17, 15) is 0 Å². The number of fused-ring (bicyclic) bond motifs is 2. The molecule has 0 aromatic carbocycles. The lowest BCUT2D eigenvalue weighted by Gasteiger charge is -2.34. The molecule has 2 saturated heterocycles. The van der Waals surface area contributed by atoms with Crippen molar-refractivity contribution in [3.63, 3.8) is 0 Å². The van der Waals surface area contributed by atoms with Crippen molar-refractivity contribution >= 4 is 0 Å². The largest absolute Gasteiger partial charge is 0.374 e. The van der Waals surface area contributed by atoms with Crippen LogP contribution in [0.5, 0.6) is 0 Å². The van der Waals surface area contributed by atoms with Crippen LogP contribution in [0, 0.1) is 0 Å². The lowest BCUT2D eigenvalue weighted by atomic mass is 10.1. The molecule has 1 saturated carbocycles. The molecule has 5 nitrogen and oxygen atoms in total. The first kappa shape index (κ1) is 17.4. The minimum absolute atomic E-state index is 0.198. The fourth-order valence-electron chi connectivity index (χ4n) is 4.59. The van der Waals surface area contributed by atoms with Crippen molar-refractivity contribution in [1.29, 1.82) is 0 Å². The predicted molar refractivity (Wildman–Crippen MR) is 97.4 cm³/mol. The lowest BCUT2D eigenvalue weighted by Crippen LogP contribution is -2.46. The van der Waals surface area contributed by atoms with Gasteiger partial charge in [-0.05, 0) is 50.4 Å². The molecule has 0 spiro atoms. The van der Waals surface area contributed by atoms with Gasteiger partial charge in [-0.25, -0.2) is 0 Å². The molecule has 3 aliphatic rings. The van der Waals surface area contributed by atoms with E-state index in [2.05, 4.69) is 20.9 Å². The molecule has 4 rings (SSSR count). The number of likely N-dealkylation sites (tertiary alicyclic amines) is 1. The highest BCUT2D eigenvalue weighted by atomic mass is 16.5. The standard InChI is InChI=1S/C20H31N3O2/c1-2-9-22(10-3-1)11-12-23-13-14-24-19-7-6-18(23)20(19)25-16-17-5-4-8-21-15-17/h4-5,8,15,18-20H,1-3,6-7,9-14,16H2/t18-,19-,20+/m1/s1. The van der Waals surface area contributed by atoms with E-state index in [0.717, 1.165) is 31.7 Å². The van der Waals surface area contributed by atoms with Gasteiger partial charge < -0.3 is 14.4 Å². The second-order valence-corrected chi connectivity index (χ2v) is 7.63. The number of nitrogens with zero attached hydrogens (tertiary/aromatic N) is 3. The van der Waals surface area contributed by atoms with Crippen LogP contribution in [0.4, 0.5) is 0 Å². The highest BCUT2D eigenvalue weighted by Crippen LogP contribution is 2.32. The van der Waals surface area contributed by atoms with E-state index in [1.54, 1.807) is 0 Å². The molecule has 138 valence electrons. The number of aromatic nitrogens is 1. The van der Waals surface area contributed by atoms with Crippen LogP contribution in [0.15, 0.2) is 24.5 Å². The average Bonchev–Trinajstić information content (AvgIpc) is 2.97. The molecule has 2 bridgehead atoms. The first-order valence-corrected chi connectivity index (χ1v) is 9.99. The Labute approximate surface area is 151 Å². The molecule has 1 aromatic heterocycles. The summed E-state index contributed by atoms with van der Waals surface area (Å²) in [5.74, 6) is 0. The Kier molecular flexibility index (Phi) is 5.98. The van der Waals surface area contributed by atoms with Gasteiger partial charge in [-0.2, -0.15) is 0 Å². The number of ether oxygens (including phenoxy) is 2. The van der Waals surface area contributed by atoms with E-state index in [4.69, 9.17) is 9.47 Å². The van der Waals surface area contributed by atoms with E-state index in [0.29, 0.717) is 12.6 Å². The van der Waals surface area contributed by atoms with Crippen LogP contribution in [0.2, 0.25) is 0 Å². The number of pyridine rings is 1. The van der Waals surface area contributed by atoms with E-state index in [-0.39, 0.29) is 12.2 Å². The SMILES string of the molecule is c1cncc(CO[C@H]2[C@H]3CC[C@H]2OCCN3CCN2CCCCC2)c1. The summed E-state index contributed by atoms with van der Waals surface area (Å²) >= 11 is 0. The fraction of sp³-hybridized carbons (Fsp3) is 0.750. The van der Waals surface area contributed by atoms with E-state index < -0.39 is 0 Å². The van der Waals surface area contributed by atoms with E-state index in [1.807, 2.05) is 18.5 Å². The van der Waals surface area contributed by atoms with Crippen LogP contribution in [0.3, 0.4) is 0 Å². The second-order valence-electron chi connectivity index (χ2n) is 7.63.